The van der Waals surface area contributed by atoms with Crippen molar-refractivity contribution in [3.05, 3.63) is 47.3 Å². The minimum absolute atomic E-state index is 0.0232. The van der Waals surface area contributed by atoms with E-state index in [1.54, 1.807) is 0 Å². The first-order valence-electron chi connectivity index (χ1n) is 11.4. The van der Waals surface area contributed by atoms with Gasteiger partial charge in [-0.3, -0.25) is 9.59 Å². The molecule has 0 bridgehead atoms. The van der Waals surface area contributed by atoms with Gasteiger partial charge in [-0.2, -0.15) is 5.10 Å². The van der Waals surface area contributed by atoms with E-state index in [0.717, 1.165) is 23.6 Å². The number of likely N-dealkylation sites (tertiary alicyclic amines) is 1. The zero-order valence-electron chi connectivity index (χ0n) is 20.3. The van der Waals surface area contributed by atoms with Gasteiger partial charge in [0.05, 0.1) is 11.4 Å². The van der Waals surface area contributed by atoms with Gasteiger partial charge in [0.1, 0.15) is 0 Å². The molecule has 2 aromatic rings. The van der Waals surface area contributed by atoms with Crippen LogP contribution in [0.25, 0.3) is 5.69 Å². The van der Waals surface area contributed by atoms with E-state index in [1.165, 1.54) is 0 Å². The Kier molecular flexibility index (Phi) is 7.39. The largest absolute Gasteiger partial charge is 0.355 e. The number of amides is 2. The molecule has 0 radical (unpaired) electrons. The monoisotopic (exact) mass is 439 g/mol. The predicted molar refractivity (Wildman–Crippen MR) is 127 cm³/mol. The van der Waals surface area contributed by atoms with Crippen molar-refractivity contribution in [2.24, 2.45) is 11.3 Å². The summed E-state index contributed by atoms with van der Waals surface area (Å²) < 4.78 is 1.88. The molecule has 0 saturated carbocycles. The van der Waals surface area contributed by atoms with Crippen molar-refractivity contribution in [2.75, 3.05) is 40.3 Å². The molecule has 0 aliphatic carbocycles. The first-order valence-corrected chi connectivity index (χ1v) is 11.4. The van der Waals surface area contributed by atoms with Gasteiger partial charge in [-0.15, -0.1) is 0 Å². The summed E-state index contributed by atoms with van der Waals surface area (Å²) in [6, 6.07) is 9.62. The minimum Gasteiger partial charge on any atom is -0.355 e. The van der Waals surface area contributed by atoms with Crippen molar-refractivity contribution < 1.29 is 9.59 Å². The average Bonchev–Trinajstić information content (AvgIpc) is 3.09. The van der Waals surface area contributed by atoms with E-state index in [0.29, 0.717) is 38.0 Å². The van der Waals surface area contributed by atoms with Crippen LogP contribution in [0, 0.1) is 25.2 Å². The maximum absolute atomic E-state index is 13.0. The number of nitrogens with zero attached hydrogens (tertiary/aromatic N) is 4. The molecule has 1 aliphatic heterocycles. The normalized spacial score (nSPS) is 15.3. The maximum Gasteiger partial charge on any atom is 0.253 e. The second-order valence-electron chi connectivity index (χ2n) is 10.1. The van der Waals surface area contributed by atoms with Gasteiger partial charge < -0.3 is 15.1 Å². The van der Waals surface area contributed by atoms with E-state index in [2.05, 4.69) is 29.2 Å². The first kappa shape index (κ1) is 24.0. The lowest BCUT2D eigenvalue weighted by atomic mass is 9.91. The van der Waals surface area contributed by atoms with E-state index in [-0.39, 0.29) is 23.1 Å². The number of nitrogens with one attached hydrogen (secondary N) is 1. The molecule has 7 nitrogen and oxygen atoms in total. The van der Waals surface area contributed by atoms with Crippen LogP contribution in [0.15, 0.2) is 30.3 Å². The van der Waals surface area contributed by atoms with Crippen molar-refractivity contribution in [1.82, 2.24) is 24.9 Å². The molecule has 1 fully saturated rings. The van der Waals surface area contributed by atoms with Crippen LogP contribution in [0.5, 0.6) is 0 Å². The van der Waals surface area contributed by atoms with Gasteiger partial charge in [-0.25, -0.2) is 4.68 Å². The number of carbonyl (C=O) groups is 2. The molecule has 2 heterocycles. The smallest absolute Gasteiger partial charge is 0.253 e. The summed E-state index contributed by atoms with van der Waals surface area (Å²) in [5, 5.41) is 7.62. The third-order valence-corrected chi connectivity index (χ3v) is 6.01. The Morgan fingerprint density at radius 3 is 2.28 bits per heavy atom. The summed E-state index contributed by atoms with van der Waals surface area (Å²) >= 11 is 0. The fraction of sp³-hybridized carbons (Fsp3) is 0.560. The lowest BCUT2D eigenvalue weighted by molar-refractivity contribution is -0.126. The van der Waals surface area contributed by atoms with Crippen molar-refractivity contribution in [3.8, 4) is 5.69 Å². The minimum atomic E-state index is -0.0254. The lowest BCUT2D eigenvalue weighted by Gasteiger charge is -2.33. The Morgan fingerprint density at radius 1 is 1.12 bits per heavy atom. The Hall–Kier alpha value is -2.67. The number of rotatable bonds is 7. The predicted octanol–water partition coefficient (Wildman–Crippen LogP) is 3.05. The topological polar surface area (TPSA) is 70.5 Å². The third-order valence-electron chi connectivity index (χ3n) is 6.01. The molecular weight excluding hydrogens is 402 g/mol. The van der Waals surface area contributed by atoms with Crippen molar-refractivity contribution in [2.45, 2.75) is 40.5 Å². The Morgan fingerprint density at radius 2 is 1.75 bits per heavy atom. The molecule has 0 unspecified atom stereocenters. The zero-order valence-corrected chi connectivity index (χ0v) is 20.3. The van der Waals surface area contributed by atoms with Crippen LogP contribution in [0.4, 0.5) is 0 Å². The Balaban J connectivity index is 1.52. The van der Waals surface area contributed by atoms with Crippen LogP contribution in [0.1, 0.15) is 48.4 Å². The zero-order chi connectivity index (χ0) is 23.5. The number of aryl methyl sites for hydroxylation is 2. The highest BCUT2D eigenvalue weighted by atomic mass is 16.2. The van der Waals surface area contributed by atoms with Gasteiger partial charge >= 0.3 is 0 Å². The summed E-state index contributed by atoms with van der Waals surface area (Å²) in [4.78, 5) is 29.6. The Bertz CT molecular complexity index is 938. The van der Waals surface area contributed by atoms with E-state index in [9.17, 15) is 9.59 Å². The van der Waals surface area contributed by atoms with Gasteiger partial charge in [0, 0.05) is 43.4 Å². The quantitative estimate of drug-likeness (QED) is 0.720. The summed E-state index contributed by atoms with van der Waals surface area (Å²) in [6.45, 7) is 11.1. The van der Waals surface area contributed by atoms with Crippen molar-refractivity contribution >= 4 is 11.8 Å². The second-order valence-corrected chi connectivity index (χ2v) is 10.1. The van der Waals surface area contributed by atoms with E-state index < -0.39 is 0 Å². The maximum atomic E-state index is 13.0. The van der Waals surface area contributed by atoms with E-state index in [4.69, 9.17) is 0 Å². The molecule has 1 aromatic heterocycles. The summed E-state index contributed by atoms with van der Waals surface area (Å²) in [5.41, 5.74) is 3.67. The van der Waals surface area contributed by atoms with E-state index >= 15 is 0 Å². The SMILES string of the molecule is Cc1cc(C)n(-c2ccc(C(=O)N3CCC(C(=O)NCC(C)(C)CN(C)C)CC3)cc2)n1. The van der Waals surface area contributed by atoms with Crippen LogP contribution in [-0.4, -0.2) is 71.7 Å². The molecule has 1 aliphatic rings. The van der Waals surface area contributed by atoms with E-state index in [1.807, 2.05) is 67.9 Å². The summed E-state index contributed by atoms with van der Waals surface area (Å²) in [6.07, 6.45) is 1.41. The number of hydrogen-bond acceptors (Lipinski definition) is 4. The van der Waals surface area contributed by atoms with Crippen LogP contribution in [-0.2, 0) is 4.79 Å². The molecular formula is C25H37N5O2. The molecule has 7 heteroatoms. The van der Waals surface area contributed by atoms with Gasteiger partial charge in [0.15, 0.2) is 0 Å². The molecule has 1 N–H and O–H groups in total. The van der Waals surface area contributed by atoms with Gasteiger partial charge in [0.2, 0.25) is 5.91 Å². The second kappa shape index (κ2) is 9.86. The van der Waals surface area contributed by atoms with Crippen LogP contribution < -0.4 is 5.32 Å². The number of piperidine rings is 1. The Labute approximate surface area is 191 Å². The molecule has 1 aromatic carbocycles. The molecule has 174 valence electrons. The van der Waals surface area contributed by atoms with Crippen molar-refractivity contribution in [3.63, 3.8) is 0 Å². The fourth-order valence-electron chi connectivity index (χ4n) is 4.55. The molecule has 1 saturated heterocycles. The first-order chi connectivity index (χ1) is 15.1. The summed E-state index contributed by atoms with van der Waals surface area (Å²) in [7, 11) is 4.09. The highest BCUT2D eigenvalue weighted by molar-refractivity contribution is 5.94. The van der Waals surface area contributed by atoms with Crippen LogP contribution in [0.3, 0.4) is 0 Å². The average molecular weight is 440 g/mol. The third kappa shape index (κ3) is 5.97. The molecule has 0 spiro atoms. The number of carbonyl (C=O) groups excluding carboxylic acids is 2. The highest BCUT2D eigenvalue weighted by Gasteiger charge is 2.29. The fourth-order valence-corrected chi connectivity index (χ4v) is 4.55. The van der Waals surface area contributed by atoms with Gasteiger partial charge in [0.25, 0.3) is 5.91 Å². The number of benzene rings is 1. The molecule has 32 heavy (non-hydrogen) atoms. The summed E-state index contributed by atoms with van der Waals surface area (Å²) in [5.74, 6) is 0.108. The van der Waals surface area contributed by atoms with Crippen molar-refractivity contribution in [1.29, 1.82) is 0 Å². The molecule has 3 rings (SSSR count). The van der Waals surface area contributed by atoms with Crippen LogP contribution >= 0.6 is 0 Å². The lowest BCUT2D eigenvalue weighted by Crippen LogP contribution is -2.46. The van der Waals surface area contributed by atoms with Gasteiger partial charge in [-0.1, -0.05) is 13.8 Å². The number of hydrogen-bond donors (Lipinski definition) is 1. The molecule has 0 atom stereocenters. The number of aromatic nitrogens is 2. The standard InChI is InChI=1S/C25H37N5O2/c1-18-15-19(2)30(27-18)22-9-7-21(8-10-22)24(32)29-13-11-20(12-14-29)23(31)26-16-25(3,4)17-28(5)6/h7-10,15,20H,11-14,16-17H2,1-6H3,(H,26,31). The molecule has 2 amide bonds. The van der Waals surface area contributed by atoms with Crippen LogP contribution in [0.2, 0.25) is 0 Å². The van der Waals surface area contributed by atoms with Gasteiger partial charge in [-0.05, 0) is 76.5 Å². The highest BCUT2D eigenvalue weighted by Crippen LogP contribution is 2.21.